The molecule has 0 aliphatic carbocycles. The number of likely N-dealkylation sites (tertiary alicyclic amines) is 1. The highest BCUT2D eigenvalue weighted by atomic mass is 16.5. The minimum absolute atomic E-state index is 0.418. The molecule has 1 aliphatic rings. The van der Waals surface area contributed by atoms with Crippen LogP contribution in [0.2, 0.25) is 0 Å². The van der Waals surface area contributed by atoms with Crippen molar-refractivity contribution in [2.75, 3.05) is 20.1 Å². The second kappa shape index (κ2) is 6.64. The number of nitrogens with zero attached hydrogens (tertiary/aromatic N) is 5. The lowest BCUT2D eigenvalue weighted by Gasteiger charge is -2.39. The average Bonchev–Trinajstić information content (AvgIpc) is 3.22. The summed E-state index contributed by atoms with van der Waals surface area (Å²) in [4.78, 5) is 10.9. The fraction of sp³-hybridized carbons (Fsp3) is 0.533. The fourth-order valence-corrected chi connectivity index (χ4v) is 2.93. The van der Waals surface area contributed by atoms with Gasteiger partial charge in [0.2, 0.25) is 0 Å². The SMILES string of the molecule is CN=C(NCc1ccon1)N1CCC(C)C(n2ccnc2)C1. The molecule has 2 atom stereocenters. The third kappa shape index (κ3) is 3.13. The second-order valence-electron chi connectivity index (χ2n) is 5.68. The highest BCUT2D eigenvalue weighted by Gasteiger charge is 2.28. The van der Waals surface area contributed by atoms with Crippen molar-refractivity contribution in [1.82, 2.24) is 24.9 Å². The number of rotatable bonds is 3. The molecule has 7 heteroatoms. The zero-order chi connectivity index (χ0) is 15.4. The largest absolute Gasteiger partial charge is 0.364 e. The molecule has 1 fully saturated rings. The molecule has 2 aromatic heterocycles. The molecule has 1 N–H and O–H groups in total. The Morgan fingerprint density at radius 2 is 2.45 bits per heavy atom. The topological polar surface area (TPSA) is 71.5 Å². The second-order valence-corrected chi connectivity index (χ2v) is 5.68. The Balaban J connectivity index is 1.65. The standard InChI is InChI=1S/C15H22N6O/c1-12-3-6-20(10-14(12)21-7-5-17-11-21)15(16-2)18-9-13-4-8-22-19-13/h4-5,7-8,11-12,14H,3,6,9-10H2,1-2H3,(H,16,18). The van der Waals surface area contributed by atoms with Gasteiger partial charge in [0.1, 0.15) is 12.0 Å². The highest BCUT2D eigenvalue weighted by Crippen LogP contribution is 2.27. The van der Waals surface area contributed by atoms with Gasteiger partial charge in [0, 0.05) is 38.6 Å². The number of piperidine rings is 1. The Kier molecular flexibility index (Phi) is 4.41. The van der Waals surface area contributed by atoms with E-state index in [2.05, 4.69) is 36.8 Å². The van der Waals surface area contributed by atoms with E-state index in [0.29, 0.717) is 18.5 Å². The number of guanidine groups is 1. The lowest BCUT2D eigenvalue weighted by atomic mass is 9.93. The van der Waals surface area contributed by atoms with E-state index in [4.69, 9.17) is 4.52 Å². The van der Waals surface area contributed by atoms with Gasteiger partial charge in [-0.2, -0.15) is 0 Å². The van der Waals surface area contributed by atoms with Gasteiger partial charge >= 0.3 is 0 Å². The van der Waals surface area contributed by atoms with Gasteiger partial charge in [0.05, 0.1) is 18.9 Å². The molecular formula is C15H22N6O. The summed E-state index contributed by atoms with van der Waals surface area (Å²) in [5.41, 5.74) is 0.873. The van der Waals surface area contributed by atoms with Crippen molar-refractivity contribution in [3.05, 3.63) is 36.7 Å². The van der Waals surface area contributed by atoms with E-state index >= 15 is 0 Å². The number of imidazole rings is 1. The van der Waals surface area contributed by atoms with E-state index in [9.17, 15) is 0 Å². The molecule has 0 bridgehead atoms. The molecule has 3 heterocycles. The summed E-state index contributed by atoms with van der Waals surface area (Å²) in [6, 6.07) is 2.27. The monoisotopic (exact) mass is 302 g/mol. The van der Waals surface area contributed by atoms with Crippen molar-refractivity contribution in [2.24, 2.45) is 10.9 Å². The molecule has 2 unspecified atom stereocenters. The number of aliphatic imine (C=N–C) groups is 1. The quantitative estimate of drug-likeness (QED) is 0.687. The number of hydrogen-bond donors (Lipinski definition) is 1. The van der Waals surface area contributed by atoms with Crippen LogP contribution >= 0.6 is 0 Å². The summed E-state index contributed by atoms with van der Waals surface area (Å²) >= 11 is 0. The summed E-state index contributed by atoms with van der Waals surface area (Å²) in [6.07, 6.45) is 8.49. The molecule has 0 saturated carbocycles. The van der Waals surface area contributed by atoms with Crippen molar-refractivity contribution in [2.45, 2.75) is 25.9 Å². The number of hydrogen-bond acceptors (Lipinski definition) is 4. The Morgan fingerprint density at radius 1 is 1.55 bits per heavy atom. The predicted octanol–water partition coefficient (Wildman–Crippen LogP) is 1.53. The molecule has 0 aromatic carbocycles. The molecule has 22 heavy (non-hydrogen) atoms. The first-order valence-corrected chi connectivity index (χ1v) is 7.60. The van der Waals surface area contributed by atoms with E-state index in [0.717, 1.165) is 31.2 Å². The summed E-state index contributed by atoms with van der Waals surface area (Å²) in [7, 11) is 1.81. The van der Waals surface area contributed by atoms with E-state index in [1.54, 1.807) is 6.26 Å². The Labute approximate surface area is 130 Å². The first-order chi connectivity index (χ1) is 10.8. The van der Waals surface area contributed by atoms with Gasteiger partial charge < -0.3 is 19.3 Å². The van der Waals surface area contributed by atoms with Gasteiger partial charge in [0.15, 0.2) is 5.96 Å². The summed E-state index contributed by atoms with van der Waals surface area (Å²) in [6.45, 7) is 4.85. The third-order valence-electron chi connectivity index (χ3n) is 4.26. The van der Waals surface area contributed by atoms with E-state index < -0.39 is 0 Å². The summed E-state index contributed by atoms with van der Waals surface area (Å²) in [5, 5.41) is 7.26. The first kappa shape index (κ1) is 14.6. The van der Waals surface area contributed by atoms with Crippen LogP contribution in [0.15, 0.2) is 40.6 Å². The van der Waals surface area contributed by atoms with Crippen molar-refractivity contribution in [3.8, 4) is 0 Å². The number of nitrogens with one attached hydrogen (secondary N) is 1. The minimum Gasteiger partial charge on any atom is -0.364 e. The van der Waals surface area contributed by atoms with Crippen LogP contribution < -0.4 is 5.32 Å². The van der Waals surface area contributed by atoms with Gasteiger partial charge in [-0.05, 0) is 12.3 Å². The van der Waals surface area contributed by atoms with Gasteiger partial charge in [-0.15, -0.1) is 0 Å². The Hall–Kier alpha value is -2.31. The summed E-state index contributed by atoms with van der Waals surface area (Å²) < 4.78 is 7.05. The van der Waals surface area contributed by atoms with Crippen molar-refractivity contribution >= 4 is 5.96 Å². The molecule has 7 nitrogen and oxygen atoms in total. The fourth-order valence-electron chi connectivity index (χ4n) is 2.93. The lowest BCUT2D eigenvalue weighted by Crippen LogP contribution is -2.48. The molecule has 2 aromatic rings. The van der Waals surface area contributed by atoms with Crippen LogP contribution in [0.3, 0.4) is 0 Å². The molecular weight excluding hydrogens is 280 g/mol. The van der Waals surface area contributed by atoms with Crippen LogP contribution in [0.25, 0.3) is 0 Å². The van der Waals surface area contributed by atoms with Crippen LogP contribution in [0, 0.1) is 5.92 Å². The van der Waals surface area contributed by atoms with Gasteiger partial charge in [0.25, 0.3) is 0 Å². The van der Waals surface area contributed by atoms with Gasteiger partial charge in [-0.1, -0.05) is 12.1 Å². The highest BCUT2D eigenvalue weighted by molar-refractivity contribution is 5.79. The lowest BCUT2D eigenvalue weighted by molar-refractivity contribution is 0.189. The van der Waals surface area contributed by atoms with Crippen molar-refractivity contribution in [3.63, 3.8) is 0 Å². The molecule has 0 radical (unpaired) electrons. The van der Waals surface area contributed by atoms with E-state index in [1.165, 1.54) is 0 Å². The van der Waals surface area contributed by atoms with Gasteiger partial charge in [-0.3, -0.25) is 4.99 Å². The summed E-state index contributed by atoms with van der Waals surface area (Å²) in [5.74, 6) is 1.53. The maximum Gasteiger partial charge on any atom is 0.194 e. The van der Waals surface area contributed by atoms with E-state index in [1.807, 2.05) is 31.8 Å². The smallest absolute Gasteiger partial charge is 0.194 e. The Bertz CT molecular complexity index is 592. The van der Waals surface area contributed by atoms with Crippen LogP contribution in [0.1, 0.15) is 25.1 Å². The Morgan fingerprint density at radius 3 is 3.14 bits per heavy atom. The average molecular weight is 302 g/mol. The zero-order valence-corrected chi connectivity index (χ0v) is 13.0. The first-order valence-electron chi connectivity index (χ1n) is 7.60. The maximum atomic E-state index is 4.85. The third-order valence-corrected chi connectivity index (χ3v) is 4.26. The molecule has 1 saturated heterocycles. The molecule has 0 amide bonds. The number of aromatic nitrogens is 3. The van der Waals surface area contributed by atoms with Crippen LogP contribution in [0.4, 0.5) is 0 Å². The van der Waals surface area contributed by atoms with Crippen LogP contribution in [-0.4, -0.2) is 45.7 Å². The molecule has 3 rings (SSSR count). The zero-order valence-electron chi connectivity index (χ0n) is 13.0. The van der Waals surface area contributed by atoms with Crippen LogP contribution in [-0.2, 0) is 6.54 Å². The predicted molar refractivity (Wildman–Crippen MR) is 83.3 cm³/mol. The normalized spacial score (nSPS) is 22.8. The minimum atomic E-state index is 0.418. The van der Waals surface area contributed by atoms with Crippen molar-refractivity contribution in [1.29, 1.82) is 0 Å². The van der Waals surface area contributed by atoms with Gasteiger partial charge in [-0.25, -0.2) is 4.98 Å². The molecule has 118 valence electrons. The van der Waals surface area contributed by atoms with E-state index in [-0.39, 0.29) is 0 Å². The molecule has 0 spiro atoms. The van der Waals surface area contributed by atoms with Crippen molar-refractivity contribution < 1.29 is 4.52 Å². The molecule has 1 aliphatic heterocycles. The van der Waals surface area contributed by atoms with Crippen LogP contribution in [0.5, 0.6) is 0 Å². The maximum absolute atomic E-state index is 4.85.